The number of aliphatic hydroxyl groups is 1. The summed E-state index contributed by atoms with van der Waals surface area (Å²) < 4.78 is 68.7. The second-order valence-electron chi connectivity index (χ2n) is 28.4. The van der Waals surface area contributed by atoms with E-state index in [4.69, 9.17) is 37.0 Å². The minimum absolute atomic E-state index is 0.0203. The molecule has 0 radical (unpaired) electrons. The van der Waals surface area contributed by atoms with Gasteiger partial charge in [-0.05, 0) is 116 Å². The maximum atomic E-state index is 13.1. The van der Waals surface area contributed by atoms with Crippen LogP contribution in [0.1, 0.15) is 387 Å². The van der Waals surface area contributed by atoms with Crippen LogP contribution < -0.4 is 0 Å². The Morgan fingerprint density at radius 2 is 0.481 bits per heavy atom. The van der Waals surface area contributed by atoms with Crippen molar-refractivity contribution in [2.75, 3.05) is 39.6 Å². The maximum absolute atomic E-state index is 13.1. The largest absolute Gasteiger partial charge is 0.472 e. The van der Waals surface area contributed by atoms with Crippen LogP contribution in [0.15, 0.2) is 72.9 Å². The van der Waals surface area contributed by atoms with Gasteiger partial charge in [0.2, 0.25) is 0 Å². The molecule has 17 nitrogen and oxygen atoms in total. The highest BCUT2D eigenvalue weighted by molar-refractivity contribution is 7.47. The van der Waals surface area contributed by atoms with Crippen molar-refractivity contribution < 1.29 is 80.2 Å². The molecule has 19 heteroatoms. The molecule has 0 aromatic rings. The van der Waals surface area contributed by atoms with Crippen LogP contribution in [-0.4, -0.2) is 96.7 Å². The van der Waals surface area contributed by atoms with Gasteiger partial charge >= 0.3 is 39.5 Å². The molecular weight excluding hydrogens is 1350 g/mol. The third-order valence-electron chi connectivity index (χ3n) is 18.1. The van der Waals surface area contributed by atoms with E-state index >= 15 is 0 Å². The van der Waals surface area contributed by atoms with Crippen LogP contribution in [0.4, 0.5) is 0 Å². The molecule has 0 heterocycles. The van der Waals surface area contributed by atoms with Crippen LogP contribution in [0.2, 0.25) is 0 Å². The first-order chi connectivity index (χ1) is 50.7. The van der Waals surface area contributed by atoms with E-state index < -0.39 is 97.5 Å². The summed E-state index contributed by atoms with van der Waals surface area (Å²) in [6.07, 6.45) is 80.2. The first-order valence-electron chi connectivity index (χ1n) is 42.2. The Morgan fingerprint density at radius 1 is 0.269 bits per heavy atom. The summed E-state index contributed by atoms with van der Waals surface area (Å²) >= 11 is 0. The highest BCUT2D eigenvalue weighted by Gasteiger charge is 2.30. The van der Waals surface area contributed by atoms with Gasteiger partial charge in [0.1, 0.15) is 19.3 Å². The zero-order chi connectivity index (χ0) is 76.0. The van der Waals surface area contributed by atoms with Gasteiger partial charge < -0.3 is 33.8 Å². The number of esters is 4. The SMILES string of the molecule is CCCCC/C=C\C/C=C\C/C=C\C/C=C\CCCC(=O)O[C@H](COC(=O)CCCCCCC/C=C\CCCCCCCC)COP(=O)(O)OC[C@@H](O)COP(=O)(O)OC[C@@H](COC(=O)CCCCCCC/C=C\CCCCCCCC)OC(=O)CCCCCCCCCCCCCCCCCCC. The van der Waals surface area contributed by atoms with E-state index in [1.54, 1.807) is 0 Å². The smallest absolute Gasteiger partial charge is 0.462 e. The second kappa shape index (κ2) is 77.7. The van der Waals surface area contributed by atoms with Crippen molar-refractivity contribution in [1.29, 1.82) is 0 Å². The predicted octanol–water partition coefficient (Wildman–Crippen LogP) is 24.8. The van der Waals surface area contributed by atoms with Gasteiger partial charge in [-0.1, -0.05) is 319 Å². The summed E-state index contributed by atoms with van der Waals surface area (Å²) in [5.41, 5.74) is 0. The standard InChI is InChI=1S/C85H154O17P2/c1-5-9-13-17-21-25-29-33-37-39-43-47-51-55-59-63-67-71-84(89)101-80(75-95-82(87)69-65-61-57-53-49-45-41-35-31-27-23-19-15-11-7-3)77-99-103(91,92)97-73-79(86)74-98-104(93,94)100-78-81(76-96-83(88)70-66-62-58-54-50-46-42-36-32-28-24-20-16-12-8-4)102-85(90)72-68-64-60-56-52-48-44-40-38-34-30-26-22-18-14-10-6-2/h21,25,33,35-37,41-43,47,55,59,79-81,86H,5-20,22-24,26-32,34,38-40,44-46,48-54,56-58,60-78H2,1-4H3,(H,91,92)(H,93,94)/b25-21-,37-33-,41-35-,42-36-,47-43-,59-55-/t79-,80-,81-/m1/s1. The lowest BCUT2D eigenvalue weighted by molar-refractivity contribution is -0.161. The molecule has 606 valence electrons. The van der Waals surface area contributed by atoms with Crippen LogP contribution >= 0.6 is 15.6 Å². The number of rotatable bonds is 80. The van der Waals surface area contributed by atoms with Crippen LogP contribution in [0.3, 0.4) is 0 Å². The van der Waals surface area contributed by atoms with Gasteiger partial charge in [0, 0.05) is 25.7 Å². The third-order valence-corrected chi connectivity index (χ3v) is 20.0. The predicted molar refractivity (Wildman–Crippen MR) is 427 cm³/mol. The monoisotopic (exact) mass is 1510 g/mol. The first kappa shape index (κ1) is 100. The zero-order valence-corrected chi connectivity index (χ0v) is 68.2. The fourth-order valence-electron chi connectivity index (χ4n) is 11.7. The number of aliphatic hydroxyl groups excluding tert-OH is 1. The van der Waals surface area contributed by atoms with E-state index in [0.29, 0.717) is 32.1 Å². The number of unbranched alkanes of at least 4 members (excludes halogenated alkanes) is 42. The number of ether oxygens (including phenoxy) is 4. The van der Waals surface area contributed by atoms with E-state index in [-0.39, 0.29) is 25.7 Å². The van der Waals surface area contributed by atoms with E-state index in [1.165, 1.54) is 173 Å². The first-order valence-corrected chi connectivity index (χ1v) is 45.2. The van der Waals surface area contributed by atoms with Crippen LogP contribution in [0, 0.1) is 0 Å². The Morgan fingerprint density at radius 3 is 0.788 bits per heavy atom. The van der Waals surface area contributed by atoms with Gasteiger partial charge in [-0.25, -0.2) is 9.13 Å². The highest BCUT2D eigenvalue weighted by Crippen LogP contribution is 2.45. The summed E-state index contributed by atoms with van der Waals surface area (Å²) in [7, 11) is -9.97. The quantitative estimate of drug-likeness (QED) is 0.0169. The average Bonchev–Trinajstić information content (AvgIpc) is 0.907. The number of carbonyl (C=O) groups excluding carboxylic acids is 4. The Bertz CT molecular complexity index is 2250. The molecule has 0 aromatic heterocycles. The molecule has 0 saturated heterocycles. The molecule has 0 saturated carbocycles. The molecule has 0 bridgehead atoms. The highest BCUT2D eigenvalue weighted by atomic mass is 31.2. The van der Waals surface area contributed by atoms with E-state index in [1.807, 2.05) is 12.2 Å². The summed E-state index contributed by atoms with van der Waals surface area (Å²) in [6, 6.07) is 0. The minimum atomic E-state index is -4.99. The molecule has 104 heavy (non-hydrogen) atoms. The van der Waals surface area contributed by atoms with Crippen LogP contribution in [0.25, 0.3) is 0 Å². The number of phosphoric ester groups is 2. The molecule has 2 unspecified atom stereocenters. The molecule has 0 aliphatic carbocycles. The zero-order valence-electron chi connectivity index (χ0n) is 66.5. The molecule has 0 aliphatic heterocycles. The van der Waals surface area contributed by atoms with Gasteiger partial charge in [0.05, 0.1) is 26.4 Å². The molecule has 0 aliphatic rings. The summed E-state index contributed by atoms with van der Waals surface area (Å²) in [5, 5.41) is 10.7. The van der Waals surface area contributed by atoms with Gasteiger partial charge in [0.15, 0.2) is 12.2 Å². The average molecular weight is 1510 g/mol. The Balaban J connectivity index is 5.39. The Hall–Kier alpha value is -3.50. The topological polar surface area (TPSA) is 237 Å². The van der Waals surface area contributed by atoms with Crippen molar-refractivity contribution in [3.8, 4) is 0 Å². The van der Waals surface area contributed by atoms with Crippen molar-refractivity contribution in [1.82, 2.24) is 0 Å². The number of hydrogen-bond donors (Lipinski definition) is 3. The molecular formula is C85H154O17P2. The summed E-state index contributed by atoms with van der Waals surface area (Å²) in [5.74, 6) is -2.23. The summed E-state index contributed by atoms with van der Waals surface area (Å²) in [6.45, 7) is 4.84. The number of allylic oxidation sites excluding steroid dienone is 12. The van der Waals surface area contributed by atoms with Crippen molar-refractivity contribution in [3.63, 3.8) is 0 Å². The van der Waals surface area contributed by atoms with Gasteiger partial charge in [0.25, 0.3) is 0 Å². The Kier molecular flexibility index (Phi) is 75.0. The van der Waals surface area contributed by atoms with Gasteiger partial charge in [-0.3, -0.25) is 37.3 Å². The van der Waals surface area contributed by atoms with Crippen molar-refractivity contribution in [3.05, 3.63) is 72.9 Å². The Labute approximate surface area is 634 Å². The van der Waals surface area contributed by atoms with Gasteiger partial charge in [-0.2, -0.15) is 0 Å². The third kappa shape index (κ3) is 76.7. The van der Waals surface area contributed by atoms with Crippen LogP contribution in [-0.2, 0) is 65.4 Å². The maximum Gasteiger partial charge on any atom is 0.472 e. The summed E-state index contributed by atoms with van der Waals surface area (Å²) in [4.78, 5) is 73.1. The van der Waals surface area contributed by atoms with Crippen molar-refractivity contribution >= 4 is 39.5 Å². The number of hydrogen-bond acceptors (Lipinski definition) is 15. The fourth-order valence-corrected chi connectivity index (χ4v) is 13.3. The second-order valence-corrected chi connectivity index (χ2v) is 31.3. The van der Waals surface area contributed by atoms with E-state index in [2.05, 4.69) is 88.5 Å². The molecule has 0 rings (SSSR count). The van der Waals surface area contributed by atoms with E-state index in [0.717, 1.165) is 128 Å². The lowest BCUT2D eigenvalue weighted by Crippen LogP contribution is -2.30. The molecule has 5 atom stereocenters. The van der Waals surface area contributed by atoms with Crippen molar-refractivity contribution in [2.45, 2.75) is 406 Å². The normalized spacial score (nSPS) is 14.2. The lowest BCUT2D eigenvalue weighted by Gasteiger charge is -2.21. The van der Waals surface area contributed by atoms with Crippen molar-refractivity contribution in [2.24, 2.45) is 0 Å². The van der Waals surface area contributed by atoms with Crippen LogP contribution in [0.5, 0.6) is 0 Å². The lowest BCUT2D eigenvalue weighted by atomic mass is 10.0. The minimum Gasteiger partial charge on any atom is -0.462 e. The number of carbonyl (C=O) groups is 4. The molecule has 0 spiro atoms. The molecule has 0 amide bonds. The molecule has 0 aromatic carbocycles. The molecule has 0 fully saturated rings. The number of phosphoric acid groups is 2. The molecule has 3 N–H and O–H groups in total. The van der Waals surface area contributed by atoms with Gasteiger partial charge in [-0.15, -0.1) is 0 Å². The fraction of sp³-hybridized carbons (Fsp3) is 0.812. The van der Waals surface area contributed by atoms with E-state index in [9.17, 15) is 43.2 Å².